The Hall–Kier alpha value is -1.20. The van der Waals surface area contributed by atoms with Gasteiger partial charge in [0.1, 0.15) is 5.82 Å². The molecule has 1 saturated heterocycles. The summed E-state index contributed by atoms with van der Waals surface area (Å²) in [6, 6.07) is -0.202. The van der Waals surface area contributed by atoms with Crippen LogP contribution in [0.15, 0.2) is 6.20 Å². The summed E-state index contributed by atoms with van der Waals surface area (Å²) in [7, 11) is 0. The molecule has 2 heterocycles. The number of amides is 1. The lowest BCUT2D eigenvalue weighted by atomic mass is 9.96. The van der Waals surface area contributed by atoms with Crippen LogP contribution < -0.4 is 0 Å². The lowest BCUT2D eigenvalue weighted by Gasteiger charge is -2.33. The van der Waals surface area contributed by atoms with E-state index in [1.165, 1.54) is 6.20 Å². The molecule has 19 heavy (non-hydrogen) atoms. The highest BCUT2D eigenvalue weighted by molar-refractivity contribution is 6.33. The largest absolute Gasteiger partial charge is 0.388 e. The average molecular weight is 284 g/mol. The van der Waals surface area contributed by atoms with Gasteiger partial charge in [0.2, 0.25) is 0 Å². The highest BCUT2D eigenvalue weighted by atomic mass is 35.5. The molecule has 1 atom stereocenters. The number of rotatable bonds is 2. The zero-order chi connectivity index (χ0) is 14.2. The van der Waals surface area contributed by atoms with Crippen LogP contribution >= 0.6 is 11.6 Å². The quantitative estimate of drug-likeness (QED) is 0.899. The molecular formula is C13H18ClN3O2. The number of carbonyl (C=O) groups is 1. The molecule has 1 aromatic heterocycles. The van der Waals surface area contributed by atoms with E-state index in [1.807, 2.05) is 0 Å². The first-order valence-electron chi connectivity index (χ1n) is 6.33. The maximum absolute atomic E-state index is 12.5. The second-order valence-corrected chi connectivity index (χ2v) is 5.83. The number of aryl methyl sites for hydroxylation is 1. The van der Waals surface area contributed by atoms with Crippen LogP contribution in [0.5, 0.6) is 0 Å². The van der Waals surface area contributed by atoms with Crippen molar-refractivity contribution in [2.45, 2.75) is 45.3 Å². The first-order valence-corrected chi connectivity index (χ1v) is 6.71. The van der Waals surface area contributed by atoms with Crippen molar-refractivity contribution < 1.29 is 9.90 Å². The Morgan fingerprint density at radius 1 is 1.58 bits per heavy atom. The molecule has 5 nitrogen and oxygen atoms in total. The van der Waals surface area contributed by atoms with Gasteiger partial charge in [0.25, 0.3) is 5.91 Å². The molecule has 2 rings (SSSR count). The minimum absolute atomic E-state index is 0.202. The van der Waals surface area contributed by atoms with E-state index in [4.69, 9.17) is 11.6 Å². The molecule has 1 amide bonds. The molecule has 0 aliphatic carbocycles. The van der Waals surface area contributed by atoms with E-state index >= 15 is 0 Å². The van der Waals surface area contributed by atoms with Gasteiger partial charge in [-0.3, -0.25) is 4.79 Å². The van der Waals surface area contributed by atoms with Gasteiger partial charge in [-0.05, 0) is 33.6 Å². The summed E-state index contributed by atoms with van der Waals surface area (Å²) in [4.78, 5) is 22.2. The third-order valence-electron chi connectivity index (χ3n) is 3.40. The fraction of sp³-hybridized carbons (Fsp3) is 0.615. The summed E-state index contributed by atoms with van der Waals surface area (Å²) in [6.07, 6.45) is 3.10. The second kappa shape index (κ2) is 5.06. The molecule has 0 aromatic carbocycles. The predicted octanol–water partition coefficient (Wildman–Crippen LogP) is 1.81. The smallest absolute Gasteiger partial charge is 0.274 e. The van der Waals surface area contributed by atoms with Gasteiger partial charge in [-0.25, -0.2) is 9.97 Å². The van der Waals surface area contributed by atoms with Crippen LogP contribution in [0, 0.1) is 6.92 Å². The number of hydrogen-bond acceptors (Lipinski definition) is 4. The number of aromatic nitrogens is 2. The SMILES string of the molecule is Cc1ncc(Cl)c(C(=O)N2CCCC2C(C)(C)O)n1. The van der Waals surface area contributed by atoms with Crippen LogP contribution in [0.1, 0.15) is 43.0 Å². The topological polar surface area (TPSA) is 66.3 Å². The zero-order valence-corrected chi connectivity index (χ0v) is 12.1. The van der Waals surface area contributed by atoms with Crippen LogP contribution in [0.25, 0.3) is 0 Å². The number of halogens is 1. The third kappa shape index (κ3) is 2.87. The van der Waals surface area contributed by atoms with Crippen molar-refractivity contribution in [2.75, 3.05) is 6.54 Å². The summed E-state index contributed by atoms with van der Waals surface area (Å²) in [6.45, 7) is 5.77. The number of likely N-dealkylation sites (tertiary alicyclic amines) is 1. The van der Waals surface area contributed by atoms with Crippen molar-refractivity contribution in [3.05, 3.63) is 22.7 Å². The van der Waals surface area contributed by atoms with Gasteiger partial charge >= 0.3 is 0 Å². The molecule has 1 fully saturated rings. The number of hydrogen-bond donors (Lipinski definition) is 1. The van der Waals surface area contributed by atoms with Gasteiger partial charge in [0.05, 0.1) is 22.9 Å². The number of aliphatic hydroxyl groups is 1. The number of carbonyl (C=O) groups excluding carboxylic acids is 1. The molecule has 0 saturated carbocycles. The first-order chi connectivity index (χ1) is 8.80. The Balaban J connectivity index is 2.31. The van der Waals surface area contributed by atoms with E-state index in [0.29, 0.717) is 12.4 Å². The van der Waals surface area contributed by atoms with Gasteiger partial charge in [-0.15, -0.1) is 0 Å². The summed E-state index contributed by atoms with van der Waals surface area (Å²) >= 11 is 6.00. The van der Waals surface area contributed by atoms with Crippen molar-refractivity contribution in [3.63, 3.8) is 0 Å². The lowest BCUT2D eigenvalue weighted by Crippen LogP contribution is -2.48. The summed E-state index contributed by atoms with van der Waals surface area (Å²) in [5.74, 6) is 0.270. The van der Waals surface area contributed by atoms with E-state index in [1.54, 1.807) is 25.7 Å². The summed E-state index contributed by atoms with van der Waals surface area (Å²) in [5, 5.41) is 10.4. The second-order valence-electron chi connectivity index (χ2n) is 5.42. The van der Waals surface area contributed by atoms with E-state index in [-0.39, 0.29) is 22.7 Å². The van der Waals surface area contributed by atoms with Crippen LogP contribution in [0.3, 0.4) is 0 Å². The molecule has 1 unspecified atom stereocenters. The van der Waals surface area contributed by atoms with Gasteiger partial charge in [-0.2, -0.15) is 0 Å². The fourth-order valence-electron chi connectivity index (χ4n) is 2.49. The standard InChI is InChI=1S/C13H18ClN3O2/c1-8-15-7-9(14)11(16-8)12(18)17-6-4-5-10(17)13(2,3)19/h7,10,19H,4-6H2,1-3H3. The Labute approximate surface area is 117 Å². The van der Waals surface area contributed by atoms with E-state index in [2.05, 4.69) is 9.97 Å². The monoisotopic (exact) mass is 283 g/mol. The molecule has 0 radical (unpaired) electrons. The predicted molar refractivity (Wildman–Crippen MR) is 72.1 cm³/mol. The minimum Gasteiger partial charge on any atom is -0.388 e. The Morgan fingerprint density at radius 2 is 2.26 bits per heavy atom. The normalized spacial score (nSPS) is 19.8. The molecular weight excluding hydrogens is 266 g/mol. The minimum atomic E-state index is -0.930. The van der Waals surface area contributed by atoms with Crippen LogP contribution in [0.4, 0.5) is 0 Å². The molecule has 1 aliphatic heterocycles. The molecule has 1 aromatic rings. The van der Waals surface area contributed by atoms with E-state index in [9.17, 15) is 9.90 Å². The fourth-order valence-corrected chi connectivity index (χ4v) is 2.66. The Kier molecular flexibility index (Phi) is 3.78. The highest BCUT2D eigenvalue weighted by Gasteiger charge is 2.39. The molecule has 0 spiro atoms. The maximum atomic E-state index is 12.5. The van der Waals surface area contributed by atoms with Crippen molar-refractivity contribution in [3.8, 4) is 0 Å². The Bertz CT molecular complexity index is 499. The number of nitrogens with zero attached hydrogens (tertiary/aromatic N) is 3. The summed E-state index contributed by atoms with van der Waals surface area (Å²) < 4.78 is 0. The molecule has 104 valence electrons. The van der Waals surface area contributed by atoms with Crippen LogP contribution in [-0.4, -0.2) is 44.1 Å². The van der Waals surface area contributed by atoms with Gasteiger partial charge < -0.3 is 10.0 Å². The van der Waals surface area contributed by atoms with Gasteiger partial charge in [0.15, 0.2) is 5.69 Å². The third-order valence-corrected chi connectivity index (χ3v) is 3.67. The van der Waals surface area contributed by atoms with E-state index in [0.717, 1.165) is 12.8 Å². The maximum Gasteiger partial charge on any atom is 0.274 e. The van der Waals surface area contributed by atoms with Crippen LogP contribution in [0.2, 0.25) is 5.02 Å². The van der Waals surface area contributed by atoms with Gasteiger partial charge in [0, 0.05) is 6.54 Å². The molecule has 1 aliphatic rings. The highest BCUT2D eigenvalue weighted by Crippen LogP contribution is 2.29. The average Bonchev–Trinajstić information content (AvgIpc) is 2.80. The molecule has 6 heteroatoms. The van der Waals surface area contributed by atoms with Crippen molar-refractivity contribution >= 4 is 17.5 Å². The van der Waals surface area contributed by atoms with Crippen molar-refractivity contribution in [2.24, 2.45) is 0 Å². The van der Waals surface area contributed by atoms with Crippen LogP contribution in [-0.2, 0) is 0 Å². The van der Waals surface area contributed by atoms with E-state index < -0.39 is 5.60 Å². The van der Waals surface area contributed by atoms with Crippen molar-refractivity contribution in [1.29, 1.82) is 0 Å². The van der Waals surface area contributed by atoms with Gasteiger partial charge in [-0.1, -0.05) is 11.6 Å². The summed E-state index contributed by atoms with van der Waals surface area (Å²) in [5.41, 5.74) is -0.717. The molecule has 0 bridgehead atoms. The zero-order valence-electron chi connectivity index (χ0n) is 11.4. The van der Waals surface area contributed by atoms with Crippen molar-refractivity contribution in [1.82, 2.24) is 14.9 Å². The Morgan fingerprint density at radius 3 is 2.89 bits per heavy atom. The molecule has 1 N–H and O–H groups in total. The first kappa shape index (κ1) is 14.2. The lowest BCUT2D eigenvalue weighted by molar-refractivity contribution is 0.000112.